The molecule has 0 spiro atoms. The van der Waals surface area contributed by atoms with Crippen LogP contribution in [0.25, 0.3) is 0 Å². The Morgan fingerprint density at radius 3 is 2.68 bits per heavy atom. The highest BCUT2D eigenvalue weighted by Crippen LogP contribution is 2.25. The van der Waals surface area contributed by atoms with E-state index in [0.717, 1.165) is 10.7 Å². The molecule has 0 amide bonds. The number of carbonyl (C=O) groups is 1. The number of benzene rings is 1. The SMILES string of the molecule is COc1ccc(C)cc1C(=O)c1csc(N(C)C)n1. The first-order valence-electron chi connectivity index (χ1n) is 5.85. The number of methoxy groups -OCH3 is 1. The molecule has 100 valence electrons. The third kappa shape index (κ3) is 2.76. The fourth-order valence-electron chi connectivity index (χ4n) is 1.71. The van der Waals surface area contributed by atoms with Gasteiger partial charge >= 0.3 is 0 Å². The van der Waals surface area contributed by atoms with E-state index < -0.39 is 0 Å². The molecule has 4 nitrogen and oxygen atoms in total. The van der Waals surface area contributed by atoms with E-state index >= 15 is 0 Å². The smallest absolute Gasteiger partial charge is 0.216 e. The average molecular weight is 276 g/mol. The second-order valence-corrected chi connectivity index (χ2v) is 5.28. The van der Waals surface area contributed by atoms with Crippen LogP contribution in [0, 0.1) is 6.92 Å². The molecule has 19 heavy (non-hydrogen) atoms. The van der Waals surface area contributed by atoms with Gasteiger partial charge in [0.15, 0.2) is 5.13 Å². The maximum atomic E-state index is 12.5. The Bertz CT molecular complexity index is 605. The summed E-state index contributed by atoms with van der Waals surface area (Å²) in [4.78, 5) is 18.7. The van der Waals surface area contributed by atoms with Crippen LogP contribution >= 0.6 is 11.3 Å². The molecular formula is C14H16N2O2S. The molecule has 1 aromatic heterocycles. The van der Waals surface area contributed by atoms with Gasteiger partial charge in [0, 0.05) is 19.5 Å². The van der Waals surface area contributed by atoms with Crippen molar-refractivity contribution in [3.05, 3.63) is 40.4 Å². The lowest BCUT2D eigenvalue weighted by Crippen LogP contribution is -2.09. The quantitative estimate of drug-likeness (QED) is 0.805. The van der Waals surface area contributed by atoms with Crippen molar-refractivity contribution >= 4 is 22.3 Å². The van der Waals surface area contributed by atoms with Gasteiger partial charge in [0.25, 0.3) is 0 Å². The molecule has 0 unspecified atom stereocenters. The maximum Gasteiger partial charge on any atom is 0.216 e. The summed E-state index contributed by atoms with van der Waals surface area (Å²) in [5.41, 5.74) is 2.03. The molecule has 5 heteroatoms. The minimum atomic E-state index is -0.107. The van der Waals surface area contributed by atoms with Crippen molar-refractivity contribution in [1.29, 1.82) is 0 Å². The fraction of sp³-hybridized carbons (Fsp3) is 0.286. The summed E-state index contributed by atoms with van der Waals surface area (Å²) < 4.78 is 5.24. The van der Waals surface area contributed by atoms with Crippen molar-refractivity contribution in [2.75, 3.05) is 26.1 Å². The van der Waals surface area contributed by atoms with Crippen molar-refractivity contribution < 1.29 is 9.53 Å². The lowest BCUT2D eigenvalue weighted by molar-refractivity contribution is 0.103. The van der Waals surface area contributed by atoms with E-state index in [0.29, 0.717) is 17.0 Å². The zero-order valence-electron chi connectivity index (χ0n) is 11.4. The van der Waals surface area contributed by atoms with Gasteiger partial charge in [-0.1, -0.05) is 11.6 Å². The van der Waals surface area contributed by atoms with E-state index in [1.807, 2.05) is 44.1 Å². The van der Waals surface area contributed by atoms with E-state index in [1.165, 1.54) is 11.3 Å². The summed E-state index contributed by atoms with van der Waals surface area (Å²) in [6, 6.07) is 5.56. The predicted octanol–water partition coefficient (Wildman–Crippen LogP) is 2.76. The van der Waals surface area contributed by atoms with Gasteiger partial charge in [-0.15, -0.1) is 11.3 Å². The summed E-state index contributed by atoms with van der Waals surface area (Å²) >= 11 is 1.45. The highest BCUT2D eigenvalue weighted by Gasteiger charge is 2.18. The second-order valence-electron chi connectivity index (χ2n) is 4.44. The molecule has 0 fully saturated rings. The molecule has 1 aromatic carbocycles. The highest BCUT2D eigenvalue weighted by molar-refractivity contribution is 7.13. The first kappa shape index (κ1) is 13.5. The Kier molecular flexibility index (Phi) is 3.85. The summed E-state index contributed by atoms with van der Waals surface area (Å²) in [7, 11) is 5.37. The van der Waals surface area contributed by atoms with Crippen LogP contribution in [0.1, 0.15) is 21.6 Å². The van der Waals surface area contributed by atoms with Crippen molar-refractivity contribution in [2.45, 2.75) is 6.92 Å². The second kappa shape index (κ2) is 5.40. The van der Waals surface area contributed by atoms with Gasteiger partial charge in [0.1, 0.15) is 11.4 Å². The normalized spacial score (nSPS) is 10.3. The molecule has 0 saturated heterocycles. The molecule has 0 aliphatic carbocycles. The molecule has 0 aliphatic heterocycles. The number of rotatable bonds is 4. The zero-order valence-corrected chi connectivity index (χ0v) is 12.2. The van der Waals surface area contributed by atoms with E-state index in [-0.39, 0.29) is 5.78 Å². The van der Waals surface area contributed by atoms with Crippen LogP contribution in [0.15, 0.2) is 23.6 Å². The van der Waals surface area contributed by atoms with Gasteiger partial charge < -0.3 is 9.64 Å². The number of aromatic nitrogens is 1. The molecule has 0 atom stereocenters. The Morgan fingerprint density at radius 2 is 2.11 bits per heavy atom. The van der Waals surface area contributed by atoms with Crippen molar-refractivity contribution in [2.24, 2.45) is 0 Å². The number of ether oxygens (including phenoxy) is 1. The Balaban J connectivity index is 2.40. The number of aryl methyl sites for hydroxylation is 1. The lowest BCUT2D eigenvalue weighted by atomic mass is 10.1. The number of thiazole rings is 1. The van der Waals surface area contributed by atoms with Crippen LogP contribution in [0.2, 0.25) is 0 Å². The van der Waals surface area contributed by atoms with Gasteiger partial charge in [-0.3, -0.25) is 4.79 Å². The number of anilines is 1. The van der Waals surface area contributed by atoms with E-state index in [9.17, 15) is 4.79 Å². The van der Waals surface area contributed by atoms with Crippen molar-refractivity contribution in [3.63, 3.8) is 0 Å². The Labute approximate surface area is 116 Å². The maximum absolute atomic E-state index is 12.5. The molecular weight excluding hydrogens is 260 g/mol. The molecule has 0 bridgehead atoms. The van der Waals surface area contributed by atoms with Crippen LogP contribution in [0.4, 0.5) is 5.13 Å². The van der Waals surface area contributed by atoms with Crippen molar-refractivity contribution in [1.82, 2.24) is 4.98 Å². The minimum absolute atomic E-state index is 0.107. The monoisotopic (exact) mass is 276 g/mol. The third-order valence-electron chi connectivity index (χ3n) is 2.71. The predicted molar refractivity (Wildman–Crippen MR) is 77.6 cm³/mol. The highest BCUT2D eigenvalue weighted by atomic mass is 32.1. The van der Waals surface area contributed by atoms with Gasteiger partial charge in [-0.25, -0.2) is 4.98 Å². The minimum Gasteiger partial charge on any atom is -0.496 e. The average Bonchev–Trinajstić information content (AvgIpc) is 2.87. The zero-order chi connectivity index (χ0) is 14.0. The number of carbonyl (C=O) groups excluding carboxylic acids is 1. The summed E-state index contributed by atoms with van der Waals surface area (Å²) in [5, 5.41) is 2.59. The van der Waals surface area contributed by atoms with Crippen LogP contribution in [0.3, 0.4) is 0 Å². The Morgan fingerprint density at radius 1 is 1.37 bits per heavy atom. The number of hydrogen-bond donors (Lipinski definition) is 0. The fourth-order valence-corrected chi connectivity index (χ4v) is 2.45. The molecule has 0 aliphatic rings. The van der Waals surface area contributed by atoms with Crippen molar-refractivity contribution in [3.8, 4) is 5.75 Å². The van der Waals surface area contributed by atoms with Gasteiger partial charge in [0.2, 0.25) is 5.78 Å². The third-order valence-corrected chi connectivity index (χ3v) is 3.72. The molecule has 2 rings (SSSR count). The first-order chi connectivity index (χ1) is 9.02. The summed E-state index contributed by atoms with van der Waals surface area (Å²) in [5.74, 6) is 0.472. The summed E-state index contributed by atoms with van der Waals surface area (Å²) in [6.07, 6.45) is 0. The molecule has 0 saturated carbocycles. The van der Waals surface area contributed by atoms with Gasteiger partial charge in [0.05, 0.1) is 12.7 Å². The Hall–Kier alpha value is -1.88. The molecule has 2 aromatic rings. The number of nitrogens with zero attached hydrogens (tertiary/aromatic N) is 2. The van der Waals surface area contributed by atoms with Gasteiger partial charge in [-0.2, -0.15) is 0 Å². The van der Waals surface area contributed by atoms with E-state index in [4.69, 9.17) is 4.74 Å². The van der Waals surface area contributed by atoms with Crippen LogP contribution in [-0.4, -0.2) is 32.0 Å². The standard InChI is InChI=1S/C14H16N2O2S/c1-9-5-6-12(18-4)10(7-9)13(17)11-8-19-14(15-11)16(2)3/h5-8H,1-4H3. The van der Waals surface area contributed by atoms with E-state index in [2.05, 4.69) is 4.98 Å². The lowest BCUT2D eigenvalue weighted by Gasteiger charge is -2.08. The molecule has 1 heterocycles. The molecule has 0 N–H and O–H groups in total. The van der Waals surface area contributed by atoms with E-state index in [1.54, 1.807) is 12.5 Å². The number of ketones is 1. The van der Waals surface area contributed by atoms with Gasteiger partial charge in [-0.05, 0) is 19.1 Å². The largest absolute Gasteiger partial charge is 0.496 e. The number of hydrogen-bond acceptors (Lipinski definition) is 5. The van der Waals surface area contributed by atoms with Crippen LogP contribution < -0.4 is 9.64 Å². The first-order valence-corrected chi connectivity index (χ1v) is 6.73. The van der Waals surface area contributed by atoms with Crippen LogP contribution in [0.5, 0.6) is 5.75 Å². The summed E-state index contributed by atoms with van der Waals surface area (Å²) in [6.45, 7) is 1.95. The van der Waals surface area contributed by atoms with Crippen LogP contribution in [-0.2, 0) is 0 Å². The molecule has 0 radical (unpaired) electrons. The topological polar surface area (TPSA) is 42.4 Å².